The van der Waals surface area contributed by atoms with Crippen LogP contribution in [0.15, 0.2) is 36.4 Å². The smallest absolute Gasteiger partial charge is 0.326 e. The van der Waals surface area contributed by atoms with Gasteiger partial charge in [-0.05, 0) is 80.0 Å². The number of carbonyl (C=O) groups is 2. The number of pyridine rings is 1. The lowest BCUT2D eigenvalue weighted by Crippen LogP contribution is -2.44. The molecule has 35 heavy (non-hydrogen) atoms. The summed E-state index contributed by atoms with van der Waals surface area (Å²) in [7, 11) is 0. The molecule has 7 heteroatoms. The van der Waals surface area contributed by atoms with Crippen LogP contribution in [0, 0.1) is 5.92 Å². The Labute approximate surface area is 206 Å². The number of amides is 1. The van der Waals surface area contributed by atoms with Crippen LogP contribution in [0.4, 0.5) is 5.82 Å². The number of hydrogen-bond acceptors (Lipinski definition) is 5. The second kappa shape index (κ2) is 10.8. The van der Waals surface area contributed by atoms with Crippen molar-refractivity contribution in [3.05, 3.63) is 58.8 Å². The molecule has 186 valence electrons. The number of nitrogens with zero attached hydrogens (tertiary/aromatic N) is 1. The summed E-state index contributed by atoms with van der Waals surface area (Å²) in [5.41, 5.74) is 4.67. The number of carboxylic acid groups (broad SMARTS) is 1. The van der Waals surface area contributed by atoms with E-state index in [1.807, 2.05) is 24.3 Å². The number of nitrogens with one attached hydrogen (secondary N) is 2. The molecule has 2 aromatic rings. The largest absolute Gasteiger partial charge is 0.480 e. The van der Waals surface area contributed by atoms with E-state index in [0.717, 1.165) is 68.6 Å². The SMILES string of the molecule is O=C(N[C@@H](CCOC1CC(CCc2ccc3c(n2)NCCC3)C1)C(=O)O)C1CCc2ccccc21. The zero-order valence-corrected chi connectivity index (χ0v) is 20.2. The van der Waals surface area contributed by atoms with Gasteiger partial charge in [-0.15, -0.1) is 0 Å². The fourth-order valence-electron chi connectivity index (χ4n) is 5.62. The van der Waals surface area contributed by atoms with Gasteiger partial charge in [-0.2, -0.15) is 0 Å². The summed E-state index contributed by atoms with van der Waals surface area (Å²) in [5, 5.41) is 15.8. The lowest BCUT2D eigenvalue weighted by Gasteiger charge is -2.35. The highest BCUT2D eigenvalue weighted by atomic mass is 16.5. The molecule has 2 aliphatic carbocycles. The standard InChI is InChI=1S/C28H35N3O4/c32-27(24-12-9-19-4-1-2-6-23(19)24)31-25(28(33)34)13-15-35-22-16-18(17-22)7-10-21-11-8-20-5-3-14-29-26(20)30-21/h1-2,4,6,8,11,18,22,24-25H,3,5,7,9-10,12-17H2,(H,29,30)(H,31,32)(H,33,34)/t18?,22?,24?,25-/m0/s1. The fourth-order valence-corrected chi connectivity index (χ4v) is 5.62. The summed E-state index contributed by atoms with van der Waals surface area (Å²) in [4.78, 5) is 29.3. The van der Waals surface area contributed by atoms with Crippen molar-refractivity contribution in [3.8, 4) is 0 Å². The van der Waals surface area contributed by atoms with Crippen molar-refractivity contribution in [1.82, 2.24) is 10.3 Å². The maximum atomic E-state index is 12.8. The molecule has 0 bridgehead atoms. The van der Waals surface area contributed by atoms with Crippen LogP contribution in [0.3, 0.4) is 0 Å². The Morgan fingerprint density at radius 2 is 2.00 bits per heavy atom. The molecule has 1 unspecified atom stereocenters. The maximum absolute atomic E-state index is 12.8. The number of ether oxygens (including phenoxy) is 1. The normalized spacial score (nSPS) is 23.4. The van der Waals surface area contributed by atoms with E-state index in [0.29, 0.717) is 12.5 Å². The predicted molar refractivity (Wildman–Crippen MR) is 134 cm³/mol. The Morgan fingerprint density at radius 3 is 2.86 bits per heavy atom. The molecule has 5 rings (SSSR count). The minimum atomic E-state index is -1.01. The van der Waals surface area contributed by atoms with Gasteiger partial charge in [0.15, 0.2) is 0 Å². The maximum Gasteiger partial charge on any atom is 0.326 e. The summed E-state index contributed by atoms with van der Waals surface area (Å²) in [6.45, 7) is 1.35. The van der Waals surface area contributed by atoms with Gasteiger partial charge in [0, 0.05) is 25.3 Å². The van der Waals surface area contributed by atoms with Gasteiger partial charge < -0.3 is 20.5 Å². The number of aryl methyl sites for hydroxylation is 3. The van der Waals surface area contributed by atoms with Gasteiger partial charge in [0.1, 0.15) is 11.9 Å². The second-order valence-electron chi connectivity index (χ2n) is 10.2. The first-order valence-electron chi connectivity index (χ1n) is 13.0. The molecule has 2 atom stereocenters. The number of anilines is 1. The highest BCUT2D eigenvalue weighted by Crippen LogP contribution is 2.35. The van der Waals surface area contributed by atoms with Crippen molar-refractivity contribution in [3.63, 3.8) is 0 Å². The topological polar surface area (TPSA) is 101 Å². The zero-order valence-electron chi connectivity index (χ0n) is 20.2. The first kappa shape index (κ1) is 23.8. The van der Waals surface area contributed by atoms with Gasteiger partial charge in [-0.25, -0.2) is 9.78 Å². The Kier molecular flexibility index (Phi) is 7.32. The molecule has 1 aliphatic heterocycles. The van der Waals surface area contributed by atoms with E-state index in [1.54, 1.807) is 0 Å². The van der Waals surface area contributed by atoms with E-state index in [1.165, 1.54) is 17.5 Å². The number of aliphatic carboxylic acids is 1. The molecule has 1 fully saturated rings. The van der Waals surface area contributed by atoms with Gasteiger partial charge >= 0.3 is 5.97 Å². The van der Waals surface area contributed by atoms with E-state index >= 15 is 0 Å². The van der Waals surface area contributed by atoms with Crippen molar-refractivity contribution < 1.29 is 19.4 Å². The third-order valence-corrected chi connectivity index (χ3v) is 7.78. The first-order valence-corrected chi connectivity index (χ1v) is 13.0. The van der Waals surface area contributed by atoms with Gasteiger partial charge in [-0.1, -0.05) is 30.3 Å². The van der Waals surface area contributed by atoms with Crippen molar-refractivity contribution >= 4 is 17.7 Å². The minimum absolute atomic E-state index is 0.185. The molecule has 3 aliphatic rings. The number of benzene rings is 1. The Morgan fingerprint density at radius 1 is 1.14 bits per heavy atom. The summed E-state index contributed by atoms with van der Waals surface area (Å²) in [6, 6.07) is 11.4. The molecule has 3 N–H and O–H groups in total. The molecule has 2 heterocycles. The van der Waals surface area contributed by atoms with Crippen LogP contribution in [0.1, 0.15) is 66.8 Å². The Balaban J connectivity index is 1.01. The van der Waals surface area contributed by atoms with Crippen molar-refractivity contribution in [2.24, 2.45) is 5.92 Å². The van der Waals surface area contributed by atoms with E-state index in [2.05, 4.69) is 22.8 Å². The predicted octanol–water partition coefficient (Wildman–Crippen LogP) is 3.86. The van der Waals surface area contributed by atoms with Crippen LogP contribution in [-0.4, -0.2) is 47.3 Å². The van der Waals surface area contributed by atoms with Crippen molar-refractivity contribution in [2.75, 3.05) is 18.5 Å². The lowest BCUT2D eigenvalue weighted by molar-refractivity contribution is -0.143. The number of aromatic nitrogens is 1. The molecule has 0 saturated heterocycles. The molecule has 7 nitrogen and oxygen atoms in total. The van der Waals surface area contributed by atoms with E-state index in [-0.39, 0.29) is 24.3 Å². The van der Waals surface area contributed by atoms with Gasteiger partial charge in [0.2, 0.25) is 5.91 Å². The number of rotatable bonds is 10. The van der Waals surface area contributed by atoms with E-state index in [9.17, 15) is 14.7 Å². The summed E-state index contributed by atoms with van der Waals surface area (Å²) in [6.07, 6.45) is 8.42. The quantitative estimate of drug-likeness (QED) is 0.481. The highest BCUT2D eigenvalue weighted by Gasteiger charge is 2.32. The average Bonchev–Trinajstić information content (AvgIpc) is 3.28. The summed E-state index contributed by atoms with van der Waals surface area (Å²) < 4.78 is 5.94. The van der Waals surface area contributed by atoms with Crippen molar-refractivity contribution in [2.45, 2.75) is 75.9 Å². The summed E-state index contributed by atoms with van der Waals surface area (Å²) in [5.74, 6) is 0.217. The Bertz CT molecular complexity index is 1070. The number of hydrogen-bond donors (Lipinski definition) is 3. The van der Waals surface area contributed by atoms with Gasteiger partial charge in [0.25, 0.3) is 0 Å². The third kappa shape index (κ3) is 5.67. The Hall–Kier alpha value is -2.93. The molecule has 1 aromatic carbocycles. The van der Waals surface area contributed by atoms with Crippen LogP contribution in [0.2, 0.25) is 0 Å². The summed E-state index contributed by atoms with van der Waals surface area (Å²) >= 11 is 0. The number of fused-ring (bicyclic) bond motifs is 2. The highest BCUT2D eigenvalue weighted by molar-refractivity contribution is 5.89. The van der Waals surface area contributed by atoms with Gasteiger partial charge in [-0.3, -0.25) is 4.79 Å². The molecular formula is C28H35N3O4. The first-order chi connectivity index (χ1) is 17.1. The molecule has 0 spiro atoms. The average molecular weight is 478 g/mol. The van der Waals surface area contributed by atoms with Crippen LogP contribution in [0.25, 0.3) is 0 Å². The number of carboxylic acids is 1. The molecule has 1 aromatic heterocycles. The second-order valence-corrected chi connectivity index (χ2v) is 10.2. The molecular weight excluding hydrogens is 442 g/mol. The van der Waals surface area contributed by atoms with Crippen LogP contribution in [-0.2, 0) is 33.6 Å². The van der Waals surface area contributed by atoms with Gasteiger partial charge in [0.05, 0.1) is 12.0 Å². The lowest BCUT2D eigenvalue weighted by atomic mass is 9.79. The van der Waals surface area contributed by atoms with E-state index in [4.69, 9.17) is 9.72 Å². The molecule has 1 amide bonds. The third-order valence-electron chi connectivity index (χ3n) is 7.78. The van der Waals surface area contributed by atoms with Crippen LogP contribution >= 0.6 is 0 Å². The monoisotopic (exact) mass is 477 g/mol. The molecule has 1 saturated carbocycles. The molecule has 0 radical (unpaired) electrons. The van der Waals surface area contributed by atoms with Crippen LogP contribution < -0.4 is 10.6 Å². The van der Waals surface area contributed by atoms with Crippen molar-refractivity contribution in [1.29, 1.82) is 0 Å². The van der Waals surface area contributed by atoms with E-state index < -0.39 is 12.0 Å². The van der Waals surface area contributed by atoms with Crippen LogP contribution in [0.5, 0.6) is 0 Å². The number of carbonyl (C=O) groups excluding carboxylic acids is 1. The fraction of sp³-hybridized carbons (Fsp3) is 0.536. The minimum Gasteiger partial charge on any atom is -0.480 e. The zero-order chi connectivity index (χ0) is 24.2.